The Morgan fingerprint density at radius 2 is 1.84 bits per heavy atom. The summed E-state index contributed by atoms with van der Waals surface area (Å²) in [5.74, 6) is -0.0268. The summed E-state index contributed by atoms with van der Waals surface area (Å²) < 4.78 is 0. The van der Waals surface area contributed by atoms with Gasteiger partial charge in [0.05, 0.1) is 0 Å². The summed E-state index contributed by atoms with van der Waals surface area (Å²) in [5.41, 5.74) is 15.9. The lowest BCUT2D eigenvalue weighted by Gasteiger charge is -2.06. The second-order valence-corrected chi connectivity index (χ2v) is 6.06. The first-order valence-corrected chi connectivity index (χ1v) is 8.06. The Morgan fingerprint density at radius 3 is 2.48 bits per heavy atom. The fourth-order valence-electron chi connectivity index (χ4n) is 2.26. The van der Waals surface area contributed by atoms with Crippen molar-refractivity contribution < 1.29 is 9.63 Å². The van der Waals surface area contributed by atoms with Gasteiger partial charge in [0.2, 0.25) is 0 Å². The van der Waals surface area contributed by atoms with E-state index in [9.17, 15) is 4.79 Å². The van der Waals surface area contributed by atoms with E-state index in [0.29, 0.717) is 17.2 Å². The molecule has 0 fully saturated rings. The highest BCUT2D eigenvalue weighted by Gasteiger charge is 2.07. The molecule has 0 bridgehead atoms. The largest absolute Gasteiger partial charge is 0.398 e. The van der Waals surface area contributed by atoms with Crippen LogP contribution in [0.5, 0.6) is 0 Å². The van der Waals surface area contributed by atoms with Crippen LogP contribution < -0.4 is 11.5 Å². The quantitative estimate of drug-likeness (QED) is 0.218. The van der Waals surface area contributed by atoms with Crippen molar-refractivity contribution in [1.82, 2.24) is 0 Å². The van der Waals surface area contributed by atoms with Crippen molar-refractivity contribution in [3.63, 3.8) is 0 Å². The lowest BCUT2D eigenvalue weighted by atomic mass is 10.0. The number of nitrogen functional groups attached to an aromatic ring is 1. The number of nitrogens with two attached hydrogens (primary N) is 2. The molecule has 0 saturated heterocycles. The third-order valence-corrected chi connectivity index (χ3v) is 3.90. The smallest absolute Gasteiger partial charge is 0.358 e. The monoisotopic (exact) mass is 337 g/mol. The van der Waals surface area contributed by atoms with Crippen LogP contribution in [0.15, 0.2) is 53.7 Å². The van der Waals surface area contributed by atoms with Crippen molar-refractivity contribution >= 4 is 23.6 Å². The number of amidine groups is 1. The topological polar surface area (TPSA) is 90.7 Å². The maximum Gasteiger partial charge on any atom is 0.358 e. The van der Waals surface area contributed by atoms with Gasteiger partial charge in [0.15, 0.2) is 5.84 Å². The number of nitrogens with zero attached hydrogens (tertiary/aromatic N) is 1. The highest BCUT2D eigenvalue weighted by molar-refractivity contribution is 6.00. The minimum absolute atomic E-state index is 0.104. The van der Waals surface area contributed by atoms with Gasteiger partial charge in [-0.3, -0.25) is 0 Å². The number of carbonyl (C=O) groups is 1. The SMILES string of the molecule is Cc1c(N)cccc1/C(N)=N/OC(=O)/C=C\c1ccc(C(C)C)cc1. The van der Waals surface area contributed by atoms with Gasteiger partial charge in [-0.25, -0.2) is 4.79 Å². The van der Waals surface area contributed by atoms with Gasteiger partial charge in [-0.1, -0.05) is 55.4 Å². The Hall–Kier alpha value is -3.08. The zero-order chi connectivity index (χ0) is 18.4. The molecule has 4 N–H and O–H groups in total. The van der Waals surface area contributed by atoms with Crippen molar-refractivity contribution in [3.05, 3.63) is 70.8 Å². The lowest BCUT2D eigenvalue weighted by molar-refractivity contribution is -0.137. The Balaban J connectivity index is 2.00. The molecule has 5 nitrogen and oxygen atoms in total. The molecule has 0 radical (unpaired) electrons. The molecule has 2 aromatic rings. The first kappa shape index (κ1) is 18.3. The van der Waals surface area contributed by atoms with E-state index in [1.165, 1.54) is 11.6 Å². The van der Waals surface area contributed by atoms with Gasteiger partial charge in [-0.2, -0.15) is 0 Å². The number of oxime groups is 1. The maximum atomic E-state index is 11.8. The molecule has 25 heavy (non-hydrogen) atoms. The zero-order valence-electron chi connectivity index (χ0n) is 14.7. The van der Waals surface area contributed by atoms with Crippen LogP contribution in [-0.2, 0) is 9.63 Å². The Labute approximate surface area is 148 Å². The van der Waals surface area contributed by atoms with E-state index in [4.69, 9.17) is 16.3 Å². The zero-order valence-corrected chi connectivity index (χ0v) is 14.7. The summed E-state index contributed by atoms with van der Waals surface area (Å²) in [5, 5.41) is 3.68. The highest BCUT2D eigenvalue weighted by Crippen LogP contribution is 2.16. The molecule has 0 amide bonds. The van der Waals surface area contributed by atoms with Gasteiger partial charge in [0.1, 0.15) is 0 Å². The molecule has 0 aliphatic heterocycles. The van der Waals surface area contributed by atoms with Gasteiger partial charge in [-0.15, -0.1) is 0 Å². The summed E-state index contributed by atoms with van der Waals surface area (Å²) in [6, 6.07) is 13.3. The second-order valence-electron chi connectivity index (χ2n) is 6.06. The van der Waals surface area contributed by atoms with Crippen molar-refractivity contribution in [2.24, 2.45) is 10.9 Å². The van der Waals surface area contributed by atoms with E-state index in [1.807, 2.05) is 31.2 Å². The van der Waals surface area contributed by atoms with Crippen LogP contribution in [-0.4, -0.2) is 11.8 Å². The molecule has 0 aliphatic rings. The summed E-state index contributed by atoms with van der Waals surface area (Å²) in [7, 11) is 0. The van der Waals surface area contributed by atoms with E-state index < -0.39 is 5.97 Å². The molecule has 2 aromatic carbocycles. The Bertz CT molecular complexity index is 806. The van der Waals surface area contributed by atoms with E-state index in [0.717, 1.165) is 11.1 Å². The van der Waals surface area contributed by atoms with E-state index in [2.05, 4.69) is 19.0 Å². The van der Waals surface area contributed by atoms with Crippen LogP contribution in [0.25, 0.3) is 6.08 Å². The van der Waals surface area contributed by atoms with Gasteiger partial charge in [-0.05, 0) is 41.7 Å². The summed E-state index contributed by atoms with van der Waals surface area (Å²) >= 11 is 0. The molecular formula is C20H23N3O2. The standard InChI is InChI=1S/C20H23N3O2/c1-13(2)16-10-7-15(8-11-16)9-12-19(24)25-23-20(22)17-5-4-6-18(21)14(17)3/h4-13H,21H2,1-3H3,(H2,22,23)/b12-9-. The third kappa shape index (κ3) is 4.94. The number of rotatable bonds is 5. The van der Waals surface area contributed by atoms with Crippen LogP contribution in [0.3, 0.4) is 0 Å². The van der Waals surface area contributed by atoms with Crippen LogP contribution in [0.1, 0.15) is 42.0 Å². The normalized spacial score (nSPS) is 11.9. The summed E-state index contributed by atoms with van der Waals surface area (Å²) in [6.45, 7) is 6.09. The first-order chi connectivity index (χ1) is 11.9. The number of benzene rings is 2. The van der Waals surface area contributed by atoms with Crippen molar-refractivity contribution in [2.75, 3.05) is 5.73 Å². The molecule has 0 heterocycles. The minimum atomic E-state index is -0.600. The van der Waals surface area contributed by atoms with Crippen LogP contribution in [0, 0.1) is 6.92 Å². The Kier molecular flexibility index (Phi) is 5.95. The molecule has 0 spiro atoms. The van der Waals surface area contributed by atoms with Crippen molar-refractivity contribution in [3.8, 4) is 0 Å². The molecule has 0 unspecified atom stereocenters. The molecule has 5 heteroatoms. The van der Waals surface area contributed by atoms with Gasteiger partial charge in [0.25, 0.3) is 0 Å². The molecule has 2 rings (SSSR count). The fourth-order valence-corrected chi connectivity index (χ4v) is 2.26. The maximum absolute atomic E-state index is 11.8. The predicted molar refractivity (Wildman–Crippen MR) is 102 cm³/mol. The van der Waals surface area contributed by atoms with Gasteiger partial charge in [0, 0.05) is 17.3 Å². The van der Waals surface area contributed by atoms with E-state index in [-0.39, 0.29) is 5.84 Å². The van der Waals surface area contributed by atoms with E-state index >= 15 is 0 Å². The molecular weight excluding hydrogens is 314 g/mol. The highest BCUT2D eigenvalue weighted by atomic mass is 16.7. The Morgan fingerprint density at radius 1 is 1.16 bits per heavy atom. The van der Waals surface area contributed by atoms with Crippen LogP contribution in [0.2, 0.25) is 0 Å². The predicted octanol–water partition coefficient (Wildman–Crippen LogP) is 3.58. The molecule has 0 saturated carbocycles. The second kappa shape index (κ2) is 8.15. The summed E-state index contributed by atoms with van der Waals surface area (Å²) in [6.07, 6.45) is 2.98. The fraction of sp³-hybridized carbons (Fsp3) is 0.200. The molecule has 0 aliphatic carbocycles. The lowest BCUT2D eigenvalue weighted by Crippen LogP contribution is -2.16. The van der Waals surface area contributed by atoms with Crippen LogP contribution >= 0.6 is 0 Å². The van der Waals surface area contributed by atoms with Crippen LogP contribution in [0.4, 0.5) is 5.69 Å². The third-order valence-electron chi connectivity index (χ3n) is 3.90. The molecule has 0 atom stereocenters. The number of anilines is 1. The van der Waals surface area contributed by atoms with Gasteiger partial charge < -0.3 is 16.3 Å². The molecule has 130 valence electrons. The minimum Gasteiger partial charge on any atom is -0.398 e. The van der Waals surface area contributed by atoms with Gasteiger partial charge >= 0.3 is 5.97 Å². The molecule has 0 aromatic heterocycles. The van der Waals surface area contributed by atoms with E-state index in [1.54, 1.807) is 24.3 Å². The average Bonchev–Trinajstić information content (AvgIpc) is 2.60. The number of hydrogen-bond acceptors (Lipinski definition) is 4. The average molecular weight is 337 g/mol. The van der Waals surface area contributed by atoms with Crippen molar-refractivity contribution in [1.29, 1.82) is 0 Å². The summed E-state index contributed by atoms with van der Waals surface area (Å²) in [4.78, 5) is 16.6. The number of carbonyl (C=O) groups excluding carboxylic acids is 1. The van der Waals surface area contributed by atoms with Crippen molar-refractivity contribution in [2.45, 2.75) is 26.7 Å². The first-order valence-electron chi connectivity index (χ1n) is 8.06. The number of hydrogen-bond donors (Lipinski definition) is 2.